The second kappa shape index (κ2) is 15.3. The summed E-state index contributed by atoms with van der Waals surface area (Å²) in [6, 6.07) is 21.4. The summed E-state index contributed by atoms with van der Waals surface area (Å²) < 4.78 is 23.9. The molecule has 0 unspecified atom stereocenters. The van der Waals surface area contributed by atoms with E-state index < -0.39 is 6.04 Å². The van der Waals surface area contributed by atoms with Crippen LogP contribution in [0.3, 0.4) is 0 Å². The quantitative estimate of drug-likeness (QED) is 0.162. The predicted octanol–water partition coefficient (Wildman–Crippen LogP) is 6.33. The Hall–Kier alpha value is -4.67. The topological polar surface area (TPSA) is 125 Å². The number of benzene rings is 3. The number of hydrogen-bond donors (Lipinski definition) is 2. The van der Waals surface area contributed by atoms with E-state index in [9.17, 15) is 9.59 Å². The van der Waals surface area contributed by atoms with Crippen LogP contribution >= 0.6 is 0 Å². The Morgan fingerprint density at radius 3 is 2.51 bits per heavy atom. The summed E-state index contributed by atoms with van der Waals surface area (Å²) in [7, 11) is 1.61. The molecule has 10 nitrogen and oxygen atoms in total. The molecule has 3 aromatic carbocycles. The standard InChI is InChI=1S/C37H42N4O6/c1-44-34-22-30-32(39-19-17-33(30)46-29-15-13-26(14-16-29)40-36(42)25-8-3-2-4-9-25)23-35(34)45-24-27-10-7-20-41(27)21-18-31(38)37(43)47-28-11-5-6-12-28/h2-4,8-9,13-17,19,22-23,27-28,31H,5-7,10-12,18,20-21,24,38H2,1H3,(H,40,42)/t27-,31-/m0/s1. The first-order valence-corrected chi connectivity index (χ1v) is 16.4. The molecule has 1 aromatic heterocycles. The molecule has 2 heterocycles. The van der Waals surface area contributed by atoms with E-state index >= 15 is 0 Å². The lowest BCUT2D eigenvalue weighted by Gasteiger charge is -2.26. The molecule has 0 bridgehead atoms. The van der Waals surface area contributed by atoms with Gasteiger partial charge in [-0.2, -0.15) is 0 Å². The second-order valence-electron chi connectivity index (χ2n) is 12.2. The Morgan fingerprint density at radius 2 is 1.74 bits per heavy atom. The van der Waals surface area contributed by atoms with Gasteiger partial charge in [-0.25, -0.2) is 0 Å². The number of ether oxygens (including phenoxy) is 4. The van der Waals surface area contributed by atoms with E-state index in [0.717, 1.165) is 50.5 Å². The van der Waals surface area contributed by atoms with Crippen LogP contribution in [0.1, 0.15) is 55.3 Å². The highest BCUT2D eigenvalue weighted by molar-refractivity contribution is 6.04. The average molecular weight is 639 g/mol. The van der Waals surface area contributed by atoms with Crippen LogP contribution in [0.25, 0.3) is 10.9 Å². The average Bonchev–Trinajstić information content (AvgIpc) is 3.79. The number of nitrogens with one attached hydrogen (secondary N) is 1. The van der Waals surface area contributed by atoms with Crippen molar-refractivity contribution in [1.29, 1.82) is 0 Å². The third-order valence-electron chi connectivity index (χ3n) is 8.91. The van der Waals surface area contributed by atoms with E-state index in [1.165, 1.54) is 0 Å². The third-order valence-corrected chi connectivity index (χ3v) is 8.91. The van der Waals surface area contributed by atoms with E-state index in [4.69, 9.17) is 24.7 Å². The molecule has 1 amide bonds. The first kappa shape index (κ1) is 32.3. The number of amides is 1. The number of esters is 1. The molecule has 47 heavy (non-hydrogen) atoms. The fraction of sp³-hybridized carbons (Fsp3) is 0.378. The molecule has 0 radical (unpaired) electrons. The zero-order valence-corrected chi connectivity index (χ0v) is 26.7. The van der Waals surface area contributed by atoms with Gasteiger partial charge >= 0.3 is 5.97 Å². The van der Waals surface area contributed by atoms with Crippen molar-refractivity contribution in [2.24, 2.45) is 5.73 Å². The van der Waals surface area contributed by atoms with Crippen LogP contribution < -0.4 is 25.3 Å². The molecule has 1 saturated carbocycles. The van der Waals surface area contributed by atoms with Gasteiger partial charge in [0.2, 0.25) is 0 Å². The molecule has 0 spiro atoms. The van der Waals surface area contributed by atoms with Crippen LogP contribution in [0, 0.1) is 0 Å². The number of nitrogens with two attached hydrogens (primary N) is 1. The lowest BCUT2D eigenvalue weighted by molar-refractivity contribution is -0.150. The van der Waals surface area contributed by atoms with Crippen molar-refractivity contribution in [2.75, 3.05) is 32.1 Å². The first-order chi connectivity index (χ1) is 23.0. The largest absolute Gasteiger partial charge is 0.493 e. The summed E-state index contributed by atoms with van der Waals surface area (Å²) in [5, 5.41) is 3.68. The summed E-state index contributed by atoms with van der Waals surface area (Å²) in [6.45, 7) is 2.13. The number of likely N-dealkylation sites (tertiary alicyclic amines) is 1. The van der Waals surface area contributed by atoms with Crippen LogP contribution in [-0.4, -0.2) is 66.8 Å². The number of fused-ring (bicyclic) bond motifs is 1. The van der Waals surface area contributed by atoms with Crippen LogP contribution in [0.2, 0.25) is 0 Å². The molecule has 246 valence electrons. The molecule has 10 heteroatoms. The summed E-state index contributed by atoms with van der Waals surface area (Å²) in [6.07, 6.45) is 8.46. The number of hydrogen-bond acceptors (Lipinski definition) is 9. The summed E-state index contributed by atoms with van der Waals surface area (Å²) in [5.74, 6) is 1.95. The van der Waals surface area contributed by atoms with E-state index in [1.54, 1.807) is 55.8 Å². The van der Waals surface area contributed by atoms with Crippen molar-refractivity contribution in [3.05, 3.63) is 84.6 Å². The molecular formula is C37H42N4O6. The molecule has 1 aliphatic heterocycles. The molecule has 2 atom stereocenters. The van der Waals surface area contributed by atoms with Gasteiger partial charge in [0.25, 0.3) is 5.91 Å². The number of methoxy groups -OCH3 is 1. The highest BCUT2D eigenvalue weighted by Crippen LogP contribution is 2.37. The Kier molecular flexibility index (Phi) is 10.5. The monoisotopic (exact) mass is 638 g/mol. The maximum atomic E-state index is 12.5. The summed E-state index contributed by atoms with van der Waals surface area (Å²) in [5.41, 5.74) is 8.16. The summed E-state index contributed by atoms with van der Waals surface area (Å²) >= 11 is 0. The van der Waals surface area contributed by atoms with Gasteiger partial charge in [0.1, 0.15) is 30.3 Å². The molecular weight excluding hydrogens is 596 g/mol. The van der Waals surface area contributed by atoms with Crippen LogP contribution in [-0.2, 0) is 9.53 Å². The molecule has 1 saturated heterocycles. The molecule has 3 N–H and O–H groups in total. The Bertz CT molecular complexity index is 1660. The molecule has 2 aliphatic rings. The smallest absolute Gasteiger partial charge is 0.323 e. The highest BCUT2D eigenvalue weighted by atomic mass is 16.5. The highest BCUT2D eigenvalue weighted by Gasteiger charge is 2.28. The van der Waals surface area contributed by atoms with Crippen LogP contribution in [0.5, 0.6) is 23.0 Å². The zero-order valence-electron chi connectivity index (χ0n) is 26.7. The van der Waals surface area contributed by atoms with E-state index in [1.807, 2.05) is 30.3 Å². The van der Waals surface area contributed by atoms with Crippen molar-refractivity contribution in [3.63, 3.8) is 0 Å². The lowest BCUT2D eigenvalue weighted by Crippen LogP contribution is -2.40. The number of aromatic nitrogens is 1. The first-order valence-electron chi connectivity index (χ1n) is 16.4. The minimum atomic E-state index is -0.612. The number of rotatable bonds is 13. The summed E-state index contributed by atoms with van der Waals surface area (Å²) in [4.78, 5) is 31.9. The minimum absolute atomic E-state index is 0.0306. The van der Waals surface area contributed by atoms with Gasteiger partial charge < -0.3 is 30.0 Å². The van der Waals surface area contributed by atoms with Gasteiger partial charge in [0, 0.05) is 41.5 Å². The minimum Gasteiger partial charge on any atom is -0.493 e. The van der Waals surface area contributed by atoms with Crippen molar-refractivity contribution >= 4 is 28.5 Å². The van der Waals surface area contributed by atoms with Gasteiger partial charge in [-0.15, -0.1) is 0 Å². The Labute approximate surface area is 275 Å². The maximum Gasteiger partial charge on any atom is 0.323 e. The van der Waals surface area contributed by atoms with E-state index in [-0.39, 0.29) is 24.0 Å². The van der Waals surface area contributed by atoms with E-state index in [2.05, 4.69) is 15.2 Å². The van der Waals surface area contributed by atoms with Crippen LogP contribution in [0.15, 0.2) is 79.0 Å². The Morgan fingerprint density at radius 1 is 0.957 bits per heavy atom. The number of carbonyl (C=O) groups is 2. The zero-order chi connectivity index (χ0) is 32.6. The van der Waals surface area contributed by atoms with Crippen molar-refractivity contribution in [2.45, 2.75) is 63.1 Å². The number of anilines is 1. The lowest BCUT2D eigenvalue weighted by atomic mass is 10.1. The van der Waals surface area contributed by atoms with Crippen molar-refractivity contribution in [1.82, 2.24) is 9.88 Å². The van der Waals surface area contributed by atoms with Crippen LogP contribution in [0.4, 0.5) is 5.69 Å². The van der Waals surface area contributed by atoms with Crippen molar-refractivity contribution < 1.29 is 28.5 Å². The van der Waals surface area contributed by atoms with Gasteiger partial charge in [0.05, 0.1) is 12.6 Å². The number of pyridine rings is 1. The fourth-order valence-electron chi connectivity index (χ4n) is 6.26. The molecule has 4 aromatic rings. The maximum absolute atomic E-state index is 12.5. The number of nitrogens with zero attached hydrogens (tertiary/aromatic N) is 2. The Balaban J connectivity index is 1.06. The second-order valence-corrected chi connectivity index (χ2v) is 12.2. The predicted molar refractivity (Wildman–Crippen MR) is 180 cm³/mol. The van der Waals surface area contributed by atoms with Gasteiger partial charge in [0.15, 0.2) is 11.5 Å². The molecule has 2 fully saturated rings. The van der Waals surface area contributed by atoms with Crippen molar-refractivity contribution in [3.8, 4) is 23.0 Å². The SMILES string of the molecule is COc1cc2c(Oc3ccc(NC(=O)c4ccccc4)cc3)ccnc2cc1OC[C@@H]1CCCN1CC[C@H](N)C(=O)OC1CCCC1. The number of carbonyl (C=O) groups excluding carboxylic acids is 2. The fourth-order valence-corrected chi connectivity index (χ4v) is 6.26. The van der Waals surface area contributed by atoms with Gasteiger partial charge in [-0.05, 0) is 100 Å². The third kappa shape index (κ3) is 8.19. The molecule has 6 rings (SSSR count). The van der Waals surface area contributed by atoms with Gasteiger partial charge in [-0.1, -0.05) is 18.2 Å². The molecule has 1 aliphatic carbocycles. The normalized spacial score (nSPS) is 17.4. The van der Waals surface area contributed by atoms with E-state index in [0.29, 0.717) is 59.3 Å². The van der Waals surface area contributed by atoms with Gasteiger partial charge in [-0.3, -0.25) is 19.5 Å².